The molecule has 1 unspecified atom stereocenters. The van der Waals surface area contributed by atoms with Gasteiger partial charge in [-0.1, -0.05) is 19.9 Å². The van der Waals surface area contributed by atoms with Crippen LogP contribution in [0.25, 0.3) is 0 Å². The highest BCUT2D eigenvalue weighted by Gasteiger charge is 2.24. The molecule has 0 aromatic heterocycles. The fourth-order valence-corrected chi connectivity index (χ4v) is 1.98. The van der Waals surface area contributed by atoms with Crippen molar-refractivity contribution in [1.29, 1.82) is 0 Å². The Kier molecular flexibility index (Phi) is 6.02. The largest absolute Gasteiger partial charge is 0.495 e. The molecular weight excluding hydrogens is 272 g/mol. The molecule has 6 nitrogen and oxygen atoms in total. The number of rotatable bonds is 6. The maximum Gasteiger partial charge on any atom is 0.328 e. The molecule has 21 heavy (non-hydrogen) atoms. The van der Waals surface area contributed by atoms with E-state index in [4.69, 9.17) is 15.2 Å². The zero-order valence-corrected chi connectivity index (χ0v) is 12.8. The lowest BCUT2D eigenvalue weighted by Crippen LogP contribution is -2.42. The SMILES string of the molecule is COC(=O)C(CC(C)C)NC(=O)c1cccc(OC)c1N. The lowest BCUT2D eigenvalue weighted by molar-refractivity contribution is -0.143. The summed E-state index contributed by atoms with van der Waals surface area (Å²) in [6.07, 6.45) is 0.488. The molecule has 0 saturated heterocycles. The van der Waals surface area contributed by atoms with Crippen LogP contribution in [-0.2, 0) is 9.53 Å². The van der Waals surface area contributed by atoms with Crippen LogP contribution in [0, 0.1) is 5.92 Å². The summed E-state index contributed by atoms with van der Waals surface area (Å²) in [6, 6.07) is 4.21. The second-order valence-electron chi connectivity index (χ2n) is 5.10. The van der Waals surface area contributed by atoms with Gasteiger partial charge < -0.3 is 20.5 Å². The first kappa shape index (κ1) is 16.8. The summed E-state index contributed by atoms with van der Waals surface area (Å²) >= 11 is 0. The average molecular weight is 294 g/mol. The average Bonchev–Trinajstić information content (AvgIpc) is 2.45. The highest BCUT2D eigenvalue weighted by molar-refractivity contribution is 6.02. The van der Waals surface area contributed by atoms with E-state index in [9.17, 15) is 9.59 Å². The van der Waals surface area contributed by atoms with Gasteiger partial charge in [0.15, 0.2) is 0 Å². The van der Waals surface area contributed by atoms with Gasteiger partial charge in [0.05, 0.1) is 25.5 Å². The van der Waals surface area contributed by atoms with E-state index in [0.29, 0.717) is 12.2 Å². The van der Waals surface area contributed by atoms with Gasteiger partial charge >= 0.3 is 5.97 Å². The minimum absolute atomic E-state index is 0.233. The third kappa shape index (κ3) is 4.37. The number of ether oxygens (including phenoxy) is 2. The number of anilines is 1. The van der Waals surface area contributed by atoms with Crippen LogP contribution in [0.1, 0.15) is 30.6 Å². The third-order valence-electron chi connectivity index (χ3n) is 3.03. The second-order valence-corrected chi connectivity index (χ2v) is 5.10. The van der Waals surface area contributed by atoms with Gasteiger partial charge in [-0.3, -0.25) is 4.79 Å². The number of nitrogens with two attached hydrogens (primary N) is 1. The molecular formula is C15H22N2O4. The maximum atomic E-state index is 12.3. The van der Waals surface area contributed by atoms with Crippen LogP contribution in [0.2, 0.25) is 0 Å². The zero-order chi connectivity index (χ0) is 16.0. The Morgan fingerprint density at radius 1 is 1.29 bits per heavy atom. The number of nitrogen functional groups attached to an aromatic ring is 1. The van der Waals surface area contributed by atoms with E-state index in [-0.39, 0.29) is 17.2 Å². The fourth-order valence-electron chi connectivity index (χ4n) is 1.98. The number of amides is 1. The fraction of sp³-hybridized carbons (Fsp3) is 0.467. The molecule has 1 atom stereocenters. The minimum Gasteiger partial charge on any atom is -0.495 e. The van der Waals surface area contributed by atoms with Gasteiger partial charge in [0.25, 0.3) is 5.91 Å². The topological polar surface area (TPSA) is 90.6 Å². The molecule has 6 heteroatoms. The lowest BCUT2D eigenvalue weighted by Gasteiger charge is -2.19. The van der Waals surface area contributed by atoms with Crippen molar-refractivity contribution in [1.82, 2.24) is 5.32 Å². The third-order valence-corrected chi connectivity index (χ3v) is 3.03. The van der Waals surface area contributed by atoms with Crippen molar-refractivity contribution in [2.24, 2.45) is 5.92 Å². The van der Waals surface area contributed by atoms with Crippen LogP contribution < -0.4 is 15.8 Å². The Labute approximate surface area is 124 Å². The predicted octanol–water partition coefficient (Wildman–Crippen LogP) is 1.59. The number of hydrogen-bond donors (Lipinski definition) is 2. The van der Waals surface area contributed by atoms with E-state index in [2.05, 4.69) is 5.32 Å². The number of carbonyl (C=O) groups is 2. The molecule has 3 N–H and O–H groups in total. The summed E-state index contributed by atoms with van der Waals surface area (Å²) in [5.41, 5.74) is 6.39. The van der Waals surface area contributed by atoms with Gasteiger partial charge in [0, 0.05) is 0 Å². The zero-order valence-electron chi connectivity index (χ0n) is 12.8. The van der Waals surface area contributed by atoms with Crippen molar-refractivity contribution in [3.05, 3.63) is 23.8 Å². The number of nitrogens with one attached hydrogen (secondary N) is 1. The molecule has 0 aliphatic carbocycles. The van der Waals surface area contributed by atoms with Crippen LogP contribution in [0.5, 0.6) is 5.75 Å². The monoisotopic (exact) mass is 294 g/mol. The first-order valence-electron chi connectivity index (χ1n) is 6.71. The van der Waals surface area contributed by atoms with E-state index >= 15 is 0 Å². The molecule has 1 amide bonds. The molecule has 0 saturated carbocycles. The van der Waals surface area contributed by atoms with Gasteiger partial charge in [-0.2, -0.15) is 0 Å². The number of hydrogen-bond acceptors (Lipinski definition) is 5. The van der Waals surface area contributed by atoms with Crippen molar-refractivity contribution in [2.75, 3.05) is 20.0 Å². The maximum absolute atomic E-state index is 12.3. The predicted molar refractivity (Wildman–Crippen MR) is 80.1 cm³/mol. The van der Waals surface area contributed by atoms with Crippen LogP contribution in [0.15, 0.2) is 18.2 Å². The molecule has 0 aliphatic rings. The Bertz CT molecular complexity index is 514. The van der Waals surface area contributed by atoms with Gasteiger partial charge in [-0.15, -0.1) is 0 Å². The van der Waals surface area contributed by atoms with Crippen molar-refractivity contribution in [2.45, 2.75) is 26.3 Å². The Hall–Kier alpha value is -2.24. The van der Waals surface area contributed by atoms with Gasteiger partial charge in [-0.05, 0) is 24.5 Å². The highest BCUT2D eigenvalue weighted by atomic mass is 16.5. The standard InChI is InChI=1S/C15H22N2O4/c1-9(2)8-11(15(19)21-4)17-14(18)10-6-5-7-12(20-3)13(10)16/h5-7,9,11H,8,16H2,1-4H3,(H,17,18). The molecule has 0 heterocycles. The van der Waals surface area contributed by atoms with E-state index in [0.717, 1.165) is 0 Å². The number of esters is 1. The van der Waals surface area contributed by atoms with Crippen LogP contribution in [0.3, 0.4) is 0 Å². The summed E-state index contributed by atoms with van der Waals surface area (Å²) in [7, 11) is 2.77. The smallest absolute Gasteiger partial charge is 0.328 e. The molecule has 1 aromatic carbocycles. The molecule has 1 rings (SSSR count). The number of para-hydroxylation sites is 1. The summed E-state index contributed by atoms with van der Waals surface area (Å²) in [6.45, 7) is 3.92. The summed E-state index contributed by atoms with van der Waals surface area (Å²) in [5, 5.41) is 2.66. The molecule has 116 valence electrons. The van der Waals surface area contributed by atoms with E-state index in [1.165, 1.54) is 14.2 Å². The highest BCUT2D eigenvalue weighted by Crippen LogP contribution is 2.24. The number of methoxy groups -OCH3 is 2. The van der Waals surface area contributed by atoms with Crippen LogP contribution in [0.4, 0.5) is 5.69 Å². The Morgan fingerprint density at radius 3 is 2.48 bits per heavy atom. The van der Waals surface area contributed by atoms with E-state index in [1.54, 1.807) is 18.2 Å². The Morgan fingerprint density at radius 2 is 1.95 bits per heavy atom. The van der Waals surface area contributed by atoms with Gasteiger partial charge in [0.2, 0.25) is 0 Å². The van der Waals surface area contributed by atoms with E-state index in [1.807, 2.05) is 13.8 Å². The number of benzene rings is 1. The van der Waals surface area contributed by atoms with Gasteiger partial charge in [0.1, 0.15) is 11.8 Å². The van der Waals surface area contributed by atoms with Crippen molar-refractivity contribution in [3.63, 3.8) is 0 Å². The Balaban J connectivity index is 2.94. The summed E-state index contributed by atoms with van der Waals surface area (Å²) in [4.78, 5) is 24.0. The van der Waals surface area contributed by atoms with Crippen molar-refractivity contribution < 1.29 is 19.1 Å². The molecule has 0 spiro atoms. The van der Waals surface area contributed by atoms with E-state index < -0.39 is 17.9 Å². The van der Waals surface area contributed by atoms with Gasteiger partial charge in [-0.25, -0.2) is 4.79 Å². The first-order chi connectivity index (χ1) is 9.90. The van der Waals surface area contributed by atoms with Crippen molar-refractivity contribution in [3.8, 4) is 5.75 Å². The summed E-state index contributed by atoms with van der Waals surface area (Å²) < 4.78 is 9.79. The first-order valence-corrected chi connectivity index (χ1v) is 6.71. The number of carbonyl (C=O) groups excluding carboxylic acids is 2. The quantitative estimate of drug-likeness (QED) is 0.614. The van der Waals surface area contributed by atoms with Crippen molar-refractivity contribution >= 4 is 17.6 Å². The molecule has 0 radical (unpaired) electrons. The van der Waals surface area contributed by atoms with Crippen LogP contribution in [-0.4, -0.2) is 32.1 Å². The molecule has 1 aromatic rings. The molecule has 0 fully saturated rings. The lowest BCUT2D eigenvalue weighted by atomic mass is 10.0. The molecule has 0 aliphatic heterocycles. The molecule has 0 bridgehead atoms. The normalized spacial score (nSPS) is 11.9. The second kappa shape index (κ2) is 7.52. The van der Waals surface area contributed by atoms with Crippen LogP contribution >= 0.6 is 0 Å². The minimum atomic E-state index is -0.701. The summed E-state index contributed by atoms with van der Waals surface area (Å²) in [5.74, 6) is -0.251.